The lowest BCUT2D eigenvalue weighted by atomic mass is 9.94. The van der Waals surface area contributed by atoms with E-state index in [1.807, 2.05) is 0 Å². The maximum absolute atomic E-state index is 13.7. The lowest BCUT2D eigenvalue weighted by Crippen LogP contribution is -2.50. The van der Waals surface area contributed by atoms with E-state index in [0.717, 1.165) is 17.8 Å². The molecule has 0 heterocycles. The summed E-state index contributed by atoms with van der Waals surface area (Å²) in [7, 11) is 0. The zero-order chi connectivity index (χ0) is 15.1. The Kier molecular flexibility index (Phi) is 4.36. The highest BCUT2D eigenvalue weighted by atomic mass is 35.5. The molecule has 108 valence electrons. The Balaban J connectivity index is 3.56. The number of hydrogen-bond acceptors (Lipinski definition) is 1. The van der Waals surface area contributed by atoms with E-state index in [2.05, 4.69) is 0 Å². The van der Waals surface area contributed by atoms with Crippen LogP contribution in [0.3, 0.4) is 0 Å². The quantitative estimate of drug-likeness (QED) is 0.521. The molecule has 1 aromatic carbocycles. The SMILES string of the molecule is CSc1cc(Cl)cc(C(F)(C(F)(F)F)C(F)(F)F)c1. The maximum Gasteiger partial charge on any atom is 0.435 e. The highest BCUT2D eigenvalue weighted by molar-refractivity contribution is 7.98. The zero-order valence-corrected chi connectivity index (χ0v) is 10.7. The molecule has 0 aromatic heterocycles. The van der Waals surface area contributed by atoms with E-state index in [0.29, 0.717) is 12.1 Å². The first-order valence-corrected chi connectivity index (χ1v) is 6.21. The van der Waals surface area contributed by atoms with Gasteiger partial charge < -0.3 is 0 Å². The van der Waals surface area contributed by atoms with Gasteiger partial charge >= 0.3 is 18.0 Å². The van der Waals surface area contributed by atoms with Gasteiger partial charge in [-0.25, -0.2) is 4.39 Å². The molecule has 0 amide bonds. The summed E-state index contributed by atoms with van der Waals surface area (Å²) in [5.41, 5.74) is -7.03. The van der Waals surface area contributed by atoms with E-state index >= 15 is 0 Å². The number of halogens is 8. The van der Waals surface area contributed by atoms with Gasteiger partial charge in [0.2, 0.25) is 0 Å². The molecule has 0 aliphatic carbocycles. The first-order chi connectivity index (χ1) is 8.43. The molecular formula is C10H6ClF7S. The van der Waals surface area contributed by atoms with Crippen LogP contribution >= 0.6 is 23.4 Å². The Morgan fingerprint density at radius 3 is 1.74 bits per heavy atom. The summed E-state index contributed by atoms with van der Waals surface area (Å²) in [5.74, 6) is 0. The summed E-state index contributed by atoms with van der Waals surface area (Å²) in [5, 5.41) is -0.405. The Morgan fingerprint density at radius 1 is 0.895 bits per heavy atom. The molecule has 0 aliphatic rings. The van der Waals surface area contributed by atoms with E-state index in [1.54, 1.807) is 0 Å². The summed E-state index contributed by atoms with van der Waals surface area (Å²) < 4.78 is 88.8. The summed E-state index contributed by atoms with van der Waals surface area (Å²) >= 11 is 6.27. The molecule has 1 rings (SSSR count). The molecule has 0 fully saturated rings. The highest BCUT2D eigenvalue weighted by Crippen LogP contribution is 2.53. The van der Waals surface area contributed by atoms with Gasteiger partial charge in [-0.05, 0) is 24.5 Å². The Bertz CT molecular complexity index is 452. The molecule has 0 saturated heterocycles. The fourth-order valence-electron chi connectivity index (χ4n) is 1.37. The van der Waals surface area contributed by atoms with Crippen molar-refractivity contribution >= 4 is 23.4 Å². The van der Waals surface area contributed by atoms with Gasteiger partial charge in [0.05, 0.1) is 0 Å². The van der Waals surface area contributed by atoms with Crippen molar-refractivity contribution in [2.75, 3.05) is 6.26 Å². The van der Waals surface area contributed by atoms with Crippen molar-refractivity contribution in [2.24, 2.45) is 0 Å². The molecule has 0 radical (unpaired) electrons. The predicted molar refractivity (Wildman–Crippen MR) is 58.1 cm³/mol. The predicted octanol–water partition coefficient (Wildman–Crippen LogP) is 5.35. The first kappa shape index (κ1) is 16.4. The molecule has 0 atom stereocenters. The average molecular weight is 327 g/mol. The van der Waals surface area contributed by atoms with Gasteiger partial charge in [0, 0.05) is 15.5 Å². The summed E-state index contributed by atoms with van der Waals surface area (Å²) in [4.78, 5) is -0.00183. The second-order valence-corrected chi connectivity index (χ2v) is 4.85. The first-order valence-electron chi connectivity index (χ1n) is 4.61. The number of rotatable bonds is 2. The molecule has 0 spiro atoms. The van der Waals surface area contributed by atoms with E-state index < -0.39 is 28.6 Å². The third-order valence-corrected chi connectivity index (χ3v) is 3.21. The van der Waals surface area contributed by atoms with Crippen LogP contribution < -0.4 is 0 Å². The smallest absolute Gasteiger partial charge is 0.218 e. The minimum atomic E-state index is -6.13. The Morgan fingerprint density at radius 2 is 1.37 bits per heavy atom. The largest absolute Gasteiger partial charge is 0.435 e. The molecule has 19 heavy (non-hydrogen) atoms. The normalized spacial score (nSPS) is 13.7. The third-order valence-electron chi connectivity index (χ3n) is 2.29. The van der Waals surface area contributed by atoms with Gasteiger partial charge in [-0.3, -0.25) is 0 Å². The number of thioether (sulfide) groups is 1. The molecular weight excluding hydrogens is 321 g/mol. The van der Waals surface area contributed by atoms with E-state index in [9.17, 15) is 30.7 Å². The van der Waals surface area contributed by atoms with Gasteiger partial charge in [0.1, 0.15) is 0 Å². The fourth-order valence-corrected chi connectivity index (χ4v) is 2.16. The Labute approximate surface area is 112 Å². The van der Waals surface area contributed by atoms with Crippen LogP contribution in [0.25, 0.3) is 0 Å². The van der Waals surface area contributed by atoms with Crippen molar-refractivity contribution in [2.45, 2.75) is 22.9 Å². The minimum Gasteiger partial charge on any atom is -0.218 e. The topological polar surface area (TPSA) is 0 Å². The second-order valence-electron chi connectivity index (χ2n) is 3.53. The van der Waals surface area contributed by atoms with Gasteiger partial charge in [0.15, 0.2) is 0 Å². The highest BCUT2D eigenvalue weighted by Gasteiger charge is 2.73. The molecule has 0 saturated carbocycles. The molecule has 0 N–H and O–H groups in total. The molecule has 0 nitrogen and oxygen atoms in total. The molecule has 1 aromatic rings. The fraction of sp³-hybridized carbons (Fsp3) is 0.400. The third kappa shape index (κ3) is 2.94. The monoisotopic (exact) mass is 326 g/mol. The zero-order valence-electron chi connectivity index (χ0n) is 9.16. The molecule has 0 bridgehead atoms. The summed E-state index contributed by atoms with van der Waals surface area (Å²) in [6.07, 6.45) is -10.9. The van der Waals surface area contributed by atoms with Gasteiger partial charge in [-0.15, -0.1) is 11.8 Å². The minimum absolute atomic E-state index is 0.00183. The van der Waals surface area contributed by atoms with Crippen molar-refractivity contribution in [3.63, 3.8) is 0 Å². The molecule has 9 heteroatoms. The van der Waals surface area contributed by atoms with Crippen LogP contribution in [0, 0.1) is 0 Å². The van der Waals surface area contributed by atoms with Gasteiger partial charge in [0.25, 0.3) is 0 Å². The van der Waals surface area contributed by atoms with E-state index in [4.69, 9.17) is 11.6 Å². The van der Waals surface area contributed by atoms with Gasteiger partial charge in [-0.2, -0.15) is 26.3 Å². The van der Waals surface area contributed by atoms with Crippen molar-refractivity contribution in [3.8, 4) is 0 Å². The van der Waals surface area contributed by atoms with Crippen molar-refractivity contribution in [1.29, 1.82) is 0 Å². The summed E-state index contributed by atoms with van der Waals surface area (Å²) in [6, 6.07) is 1.95. The molecule has 0 unspecified atom stereocenters. The van der Waals surface area contributed by atoms with Crippen molar-refractivity contribution < 1.29 is 30.7 Å². The van der Waals surface area contributed by atoms with Crippen molar-refractivity contribution in [1.82, 2.24) is 0 Å². The maximum atomic E-state index is 13.7. The van der Waals surface area contributed by atoms with E-state index in [1.165, 1.54) is 6.26 Å². The van der Waals surface area contributed by atoms with Crippen LogP contribution in [-0.2, 0) is 5.67 Å². The lowest BCUT2D eigenvalue weighted by Gasteiger charge is -2.30. The van der Waals surface area contributed by atoms with Crippen LogP contribution in [0.1, 0.15) is 5.56 Å². The summed E-state index contributed by atoms with van der Waals surface area (Å²) in [6.45, 7) is 0. The van der Waals surface area contributed by atoms with Crippen LogP contribution in [0.15, 0.2) is 23.1 Å². The average Bonchev–Trinajstić information content (AvgIpc) is 2.23. The van der Waals surface area contributed by atoms with Gasteiger partial charge in [-0.1, -0.05) is 11.6 Å². The second kappa shape index (κ2) is 5.05. The molecule has 0 aliphatic heterocycles. The number of benzene rings is 1. The lowest BCUT2D eigenvalue weighted by molar-refractivity contribution is -0.348. The van der Waals surface area contributed by atoms with Crippen LogP contribution in [0.4, 0.5) is 30.7 Å². The number of alkyl halides is 7. The van der Waals surface area contributed by atoms with E-state index in [-0.39, 0.29) is 4.90 Å². The van der Waals surface area contributed by atoms with Crippen molar-refractivity contribution in [3.05, 3.63) is 28.8 Å². The number of hydrogen-bond donors (Lipinski definition) is 0. The van der Waals surface area contributed by atoms with Crippen LogP contribution in [0.5, 0.6) is 0 Å². The van der Waals surface area contributed by atoms with Crippen LogP contribution in [0.2, 0.25) is 5.02 Å². The Hall–Kier alpha value is -0.630. The standard InChI is InChI=1S/C10H6ClF7S/c1-19-7-3-5(2-6(11)4-7)8(12,9(13,14)15)10(16,17)18/h2-4H,1H3. The van der Waals surface area contributed by atoms with Crippen LogP contribution in [-0.4, -0.2) is 18.6 Å².